The van der Waals surface area contributed by atoms with Crippen LogP contribution in [0.5, 0.6) is 0 Å². The maximum Gasteiger partial charge on any atom is 0.407 e. The van der Waals surface area contributed by atoms with Crippen LogP contribution in [0.25, 0.3) is 0 Å². The van der Waals surface area contributed by atoms with Gasteiger partial charge in [0.15, 0.2) is 0 Å². The zero-order valence-corrected chi connectivity index (χ0v) is 22.1. The number of unbranched alkanes of at least 4 members (excludes halogenated alkanes) is 1. The fourth-order valence-electron chi connectivity index (χ4n) is 3.12. The highest BCUT2D eigenvalue weighted by Crippen LogP contribution is 2.07. The molecule has 2 rings (SSSR count). The van der Waals surface area contributed by atoms with E-state index in [1.807, 2.05) is 55.5 Å². The molecule has 0 saturated carbocycles. The molecule has 5 N–H and O–H groups in total. The zero-order chi connectivity index (χ0) is 28.9. The SMILES string of the molecule is CCCCC(=O)O.O=C(O)CCN[C@H](C(=O)OCc1ccccc1)C(O)CCNC(=O)OCc1ccccc1. The predicted octanol–water partition coefficient (Wildman–Crippen LogP) is 3.10. The van der Waals surface area contributed by atoms with Crippen molar-refractivity contribution in [2.24, 2.45) is 0 Å². The third-order valence-electron chi connectivity index (χ3n) is 5.23. The number of carbonyl (C=O) groups excluding carboxylic acids is 2. The Morgan fingerprint density at radius 3 is 1.82 bits per heavy atom. The number of aliphatic hydroxyl groups excluding tert-OH is 1. The van der Waals surface area contributed by atoms with Crippen molar-refractivity contribution in [2.75, 3.05) is 13.1 Å². The third kappa shape index (κ3) is 16.5. The van der Waals surface area contributed by atoms with Crippen LogP contribution in [0.1, 0.15) is 50.2 Å². The van der Waals surface area contributed by atoms with Crippen LogP contribution in [0.15, 0.2) is 60.7 Å². The average molecular weight is 547 g/mol. The van der Waals surface area contributed by atoms with Crippen LogP contribution in [-0.4, -0.2) is 64.6 Å². The quantitative estimate of drug-likeness (QED) is 0.197. The molecule has 0 saturated heterocycles. The minimum absolute atomic E-state index is 0.0214. The molecular weight excluding hydrogens is 508 g/mol. The Kier molecular flexibility index (Phi) is 17.0. The molecule has 2 atom stereocenters. The zero-order valence-electron chi connectivity index (χ0n) is 22.1. The van der Waals surface area contributed by atoms with Gasteiger partial charge in [0.1, 0.15) is 19.3 Å². The molecule has 2 aromatic rings. The molecule has 11 nitrogen and oxygen atoms in total. The van der Waals surface area contributed by atoms with E-state index in [1.54, 1.807) is 12.1 Å². The number of hydrogen-bond donors (Lipinski definition) is 5. The first kappa shape index (κ1) is 33.1. The van der Waals surface area contributed by atoms with Crippen molar-refractivity contribution < 1.29 is 44.0 Å². The smallest absolute Gasteiger partial charge is 0.407 e. The molecule has 1 unspecified atom stereocenters. The largest absolute Gasteiger partial charge is 0.481 e. The molecular formula is C28H38N2O9. The number of alkyl carbamates (subject to hydrolysis) is 1. The first-order valence-electron chi connectivity index (χ1n) is 12.7. The first-order valence-corrected chi connectivity index (χ1v) is 12.7. The van der Waals surface area contributed by atoms with Crippen molar-refractivity contribution in [2.45, 2.75) is 64.4 Å². The lowest BCUT2D eigenvalue weighted by Gasteiger charge is -2.22. The summed E-state index contributed by atoms with van der Waals surface area (Å²) in [5, 5.41) is 32.6. The summed E-state index contributed by atoms with van der Waals surface area (Å²) in [4.78, 5) is 44.8. The van der Waals surface area contributed by atoms with E-state index >= 15 is 0 Å². The topological polar surface area (TPSA) is 171 Å². The van der Waals surface area contributed by atoms with Gasteiger partial charge in [-0.1, -0.05) is 74.0 Å². The molecule has 0 aliphatic heterocycles. The van der Waals surface area contributed by atoms with Gasteiger partial charge in [-0.3, -0.25) is 14.4 Å². The molecule has 0 fully saturated rings. The van der Waals surface area contributed by atoms with E-state index in [-0.39, 0.29) is 39.1 Å². The summed E-state index contributed by atoms with van der Waals surface area (Å²) in [5.74, 6) is -2.44. The van der Waals surface area contributed by atoms with Gasteiger partial charge in [0.25, 0.3) is 0 Å². The molecule has 1 amide bonds. The molecule has 0 aromatic heterocycles. The number of rotatable bonds is 16. The lowest BCUT2D eigenvalue weighted by molar-refractivity contribution is -0.151. The van der Waals surface area contributed by atoms with Crippen LogP contribution >= 0.6 is 0 Å². The van der Waals surface area contributed by atoms with Crippen molar-refractivity contribution >= 4 is 24.0 Å². The third-order valence-corrected chi connectivity index (χ3v) is 5.23. The van der Waals surface area contributed by atoms with E-state index in [0.29, 0.717) is 6.42 Å². The summed E-state index contributed by atoms with van der Waals surface area (Å²) in [6, 6.07) is 17.1. The van der Waals surface area contributed by atoms with Gasteiger partial charge in [-0.25, -0.2) is 4.79 Å². The minimum Gasteiger partial charge on any atom is -0.481 e. The number of nitrogens with one attached hydrogen (secondary N) is 2. The number of benzene rings is 2. The molecule has 0 aliphatic carbocycles. The number of hydrogen-bond acceptors (Lipinski definition) is 8. The summed E-state index contributed by atoms with van der Waals surface area (Å²) in [6.45, 7) is 2.14. The number of carbonyl (C=O) groups is 4. The second-order valence-electron chi connectivity index (χ2n) is 8.51. The van der Waals surface area contributed by atoms with Crippen LogP contribution in [0, 0.1) is 0 Å². The minimum atomic E-state index is -1.21. The second-order valence-corrected chi connectivity index (χ2v) is 8.51. The Hall–Kier alpha value is -3.96. The van der Waals surface area contributed by atoms with E-state index < -0.39 is 36.1 Å². The van der Waals surface area contributed by atoms with Gasteiger partial charge in [-0.15, -0.1) is 0 Å². The van der Waals surface area contributed by atoms with E-state index in [9.17, 15) is 24.3 Å². The highest BCUT2D eigenvalue weighted by Gasteiger charge is 2.28. The van der Waals surface area contributed by atoms with Crippen molar-refractivity contribution in [3.8, 4) is 0 Å². The summed E-state index contributed by atoms with van der Waals surface area (Å²) in [5.41, 5.74) is 1.62. The Bertz CT molecular complexity index is 987. The highest BCUT2D eigenvalue weighted by molar-refractivity contribution is 5.76. The summed E-state index contributed by atoms with van der Waals surface area (Å²) in [7, 11) is 0. The van der Waals surface area contributed by atoms with Crippen LogP contribution < -0.4 is 10.6 Å². The van der Waals surface area contributed by atoms with Crippen molar-refractivity contribution in [3.63, 3.8) is 0 Å². The van der Waals surface area contributed by atoms with Gasteiger partial charge >= 0.3 is 24.0 Å². The normalized spacial score (nSPS) is 11.7. The number of carboxylic acids is 2. The van der Waals surface area contributed by atoms with Gasteiger partial charge < -0.3 is 35.4 Å². The molecule has 214 valence electrons. The Balaban J connectivity index is 0.000000956. The van der Waals surface area contributed by atoms with Gasteiger partial charge in [-0.2, -0.15) is 0 Å². The summed E-state index contributed by atoms with van der Waals surface area (Å²) in [6.07, 6.45) is 0.0350. The molecule has 0 spiro atoms. The van der Waals surface area contributed by atoms with E-state index in [1.165, 1.54) is 0 Å². The lowest BCUT2D eigenvalue weighted by atomic mass is 10.1. The number of aliphatic carboxylic acids is 2. The van der Waals surface area contributed by atoms with Gasteiger partial charge in [-0.05, 0) is 24.0 Å². The Morgan fingerprint density at radius 1 is 0.795 bits per heavy atom. The molecule has 0 heterocycles. The fourth-order valence-corrected chi connectivity index (χ4v) is 3.12. The van der Waals surface area contributed by atoms with E-state index in [4.69, 9.17) is 19.7 Å². The van der Waals surface area contributed by atoms with Gasteiger partial charge in [0, 0.05) is 19.5 Å². The van der Waals surface area contributed by atoms with Crippen LogP contribution in [-0.2, 0) is 37.1 Å². The summed E-state index contributed by atoms with van der Waals surface area (Å²) < 4.78 is 10.4. The van der Waals surface area contributed by atoms with Crippen molar-refractivity contribution in [1.29, 1.82) is 0 Å². The van der Waals surface area contributed by atoms with Crippen molar-refractivity contribution in [1.82, 2.24) is 10.6 Å². The molecule has 39 heavy (non-hydrogen) atoms. The maximum atomic E-state index is 12.5. The number of carboxylic acid groups (broad SMARTS) is 2. The van der Waals surface area contributed by atoms with Crippen LogP contribution in [0.3, 0.4) is 0 Å². The molecule has 0 aliphatic rings. The van der Waals surface area contributed by atoms with Crippen LogP contribution in [0.2, 0.25) is 0 Å². The monoisotopic (exact) mass is 546 g/mol. The second kappa shape index (κ2) is 20.1. The highest BCUT2D eigenvalue weighted by atomic mass is 16.5. The maximum absolute atomic E-state index is 12.5. The molecule has 0 bridgehead atoms. The number of esters is 1. The molecule has 11 heteroatoms. The summed E-state index contributed by atoms with van der Waals surface area (Å²) >= 11 is 0. The van der Waals surface area contributed by atoms with Gasteiger partial charge in [0.05, 0.1) is 12.5 Å². The van der Waals surface area contributed by atoms with Crippen molar-refractivity contribution in [3.05, 3.63) is 71.8 Å². The fraction of sp³-hybridized carbons (Fsp3) is 0.429. The van der Waals surface area contributed by atoms with Crippen LogP contribution in [0.4, 0.5) is 4.79 Å². The first-order chi connectivity index (χ1) is 18.7. The molecule has 2 aromatic carbocycles. The predicted molar refractivity (Wildman–Crippen MR) is 143 cm³/mol. The Labute approximate surface area is 228 Å². The number of amides is 1. The Morgan fingerprint density at radius 2 is 1.33 bits per heavy atom. The van der Waals surface area contributed by atoms with E-state index in [0.717, 1.165) is 24.0 Å². The number of aliphatic hydroxyl groups is 1. The number of ether oxygens (including phenoxy) is 2. The average Bonchev–Trinajstić information content (AvgIpc) is 2.93. The van der Waals surface area contributed by atoms with E-state index in [2.05, 4.69) is 10.6 Å². The standard InChI is InChI=1S/C23H28N2O7.C5H10O2/c26-19(11-13-25-23(30)32-16-18-9-5-2-6-10-18)21(24-14-12-20(27)28)22(29)31-15-17-7-3-1-4-8-17;1-2-3-4-5(6)7/h1-10,19,21,24,26H,11-16H2,(H,25,30)(H,27,28);2-4H2,1H3,(H,6,7)/t19?,21-;/m0./s1. The van der Waals surface area contributed by atoms with Gasteiger partial charge in [0.2, 0.25) is 0 Å². The molecule has 0 radical (unpaired) electrons. The lowest BCUT2D eigenvalue weighted by Crippen LogP contribution is -2.48.